The van der Waals surface area contributed by atoms with Crippen molar-refractivity contribution in [3.8, 4) is 0 Å². The van der Waals surface area contributed by atoms with E-state index in [2.05, 4.69) is 15.6 Å². The first-order valence-corrected chi connectivity index (χ1v) is 7.90. The Hall–Kier alpha value is -1.97. The molecule has 0 radical (unpaired) electrons. The normalized spacial score (nSPS) is 11.5. The molecule has 0 unspecified atom stereocenters. The number of hydrogen-bond acceptors (Lipinski definition) is 6. The number of aliphatic hydroxyl groups is 1. The lowest BCUT2D eigenvalue weighted by Gasteiger charge is -2.05. The molecule has 9 heteroatoms. The molecule has 114 valence electrons. The summed E-state index contributed by atoms with van der Waals surface area (Å²) in [6.07, 6.45) is 2.39. The van der Waals surface area contributed by atoms with Gasteiger partial charge in [-0.05, 0) is 24.6 Å². The number of rotatable bonds is 7. The minimum Gasteiger partial charge on any atom is -0.396 e. The van der Waals surface area contributed by atoms with E-state index < -0.39 is 10.0 Å². The van der Waals surface area contributed by atoms with Gasteiger partial charge in [0.25, 0.3) is 0 Å². The van der Waals surface area contributed by atoms with Crippen LogP contribution in [0.25, 0.3) is 0 Å². The van der Waals surface area contributed by atoms with E-state index in [0.717, 1.165) is 0 Å². The van der Waals surface area contributed by atoms with E-state index in [4.69, 9.17) is 10.2 Å². The predicted molar refractivity (Wildman–Crippen MR) is 76.9 cm³/mol. The van der Waals surface area contributed by atoms with Gasteiger partial charge in [0.2, 0.25) is 10.0 Å². The Bertz CT molecular complexity index is 698. The second-order valence-corrected chi connectivity index (χ2v) is 6.04. The number of aromatic nitrogens is 3. The van der Waals surface area contributed by atoms with Crippen LogP contribution in [-0.2, 0) is 23.1 Å². The fourth-order valence-electron chi connectivity index (χ4n) is 1.74. The number of hydrogen-bond donors (Lipinski definition) is 3. The van der Waals surface area contributed by atoms with Gasteiger partial charge in [-0.1, -0.05) is 11.3 Å². The number of nitrogens with one attached hydrogen (secondary N) is 1. The number of nitrogens with two attached hydrogens (primary N) is 1. The van der Waals surface area contributed by atoms with Crippen molar-refractivity contribution < 1.29 is 13.5 Å². The van der Waals surface area contributed by atoms with Crippen molar-refractivity contribution in [2.45, 2.75) is 24.4 Å². The van der Waals surface area contributed by atoms with Gasteiger partial charge in [0.05, 0.1) is 17.6 Å². The van der Waals surface area contributed by atoms with Crippen molar-refractivity contribution in [1.29, 1.82) is 0 Å². The number of anilines is 1. The van der Waals surface area contributed by atoms with Crippen LogP contribution in [-0.4, -0.2) is 35.1 Å². The van der Waals surface area contributed by atoms with Crippen LogP contribution < -0.4 is 10.5 Å². The molecule has 8 nitrogen and oxygen atoms in total. The SMILES string of the molecule is NS(=O)(=O)c1cccc(NCc2cn(CCCO)nn2)c1. The molecule has 0 aliphatic rings. The van der Waals surface area contributed by atoms with Crippen LogP contribution >= 0.6 is 0 Å². The maximum absolute atomic E-state index is 11.3. The molecule has 0 saturated carbocycles. The van der Waals surface area contributed by atoms with Gasteiger partial charge in [0.1, 0.15) is 5.69 Å². The molecule has 0 aliphatic heterocycles. The van der Waals surface area contributed by atoms with E-state index in [1.54, 1.807) is 23.0 Å². The van der Waals surface area contributed by atoms with Crippen LogP contribution in [0.15, 0.2) is 35.4 Å². The lowest BCUT2D eigenvalue weighted by molar-refractivity contribution is 0.276. The second kappa shape index (κ2) is 6.66. The number of aryl methyl sites for hydroxylation is 1. The second-order valence-electron chi connectivity index (χ2n) is 4.48. The summed E-state index contributed by atoms with van der Waals surface area (Å²) < 4.78 is 24.2. The Kier molecular flexibility index (Phi) is 4.89. The zero-order valence-corrected chi connectivity index (χ0v) is 12.1. The smallest absolute Gasteiger partial charge is 0.238 e. The van der Waals surface area contributed by atoms with Crippen molar-refractivity contribution in [1.82, 2.24) is 15.0 Å². The van der Waals surface area contributed by atoms with Crippen LogP contribution in [0, 0.1) is 0 Å². The lowest BCUT2D eigenvalue weighted by atomic mass is 10.3. The molecular formula is C12H17N5O3S. The van der Waals surface area contributed by atoms with Crippen LogP contribution in [0.4, 0.5) is 5.69 Å². The van der Waals surface area contributed by atoms with Gasteiger partial charge in [-0.3, -0.25) is 4.68 Å². The first kappa shape index (κ1) is 15.4. The van der Waals surface area contributed by atoms with E-state index in [-0.39, 0.29) is 11.5 Å². The van der Waals surface area contributed by atoms with Gasteiger partial charge in [-0.2, -0.15) is 0 Å². The molecular weight excluding hydrogens is 294 g/mol. The highest BCUT2D eigenvalue weighted by Crippen LogP contribution is 2.14. The Morgan fingerprint density at radius 2 is 2.19 bits per heavy atom. The minimum atomic E-state index is -3.71. The summed E-state index contributed by atoms with van der Waals surface area (Å²) in [4.78, 5) is 0.0547. The van der Waals surface area contributed by atoms with Crippen molar-refractivity contribution in [2.75, 3.05) is 11.9 Å². The number of sulfonamides is 1. The van der Waals surface area contributed by atoms with Crippen LogP contribution in [0.1, 0.15) is 12.1 Å². The highest BCUT2D eigenvalue weighted by atomic mass is 32.2. The average molecular weight is 311 g/mol. The molecule has 0 saturated heterocycles. The summed E-state index contributed by atoms with van der Waals surface area (Å²) in [5.41, 5.74) is 1.35. The topological polar surface area (TPSA) is 123 Å². The molecule has 0 amide bonds. The van der Waals surface area contributed by atoms with Crippen molar-refractivity contribution in [2.24, 2.45) is 5.14 Å². The zero-order valence-electron chi connectivity index (χ0n) is 11.3. The highest BCUT2D eigenvalue weighted by Gasteiger charge is 2.08. The van der Waals surface area contributed by atoms with E-state index in [1.165, 1.54) is 12.1 Å². The van der Waals surface area contributed by atoms with Gasteiger partial charge >= 0.3 is 0 Å². The molecule has 1 heterocycles. The van der Waals surface area contributed by atoms with Crippen LogP contribution in [0.5, 0.6) is 0 Å². The fourth-order valence-corrected chi connectivity index (χ4v) is 2.30. The fraction of sp³-hybridized carbons (Fsp3) is 0.333. The maximum atomic E-state index is 11.3. The van der Waals surface area contributed by atoms with Gasteiger partial charge in [0, 0.05) is 18.8 Å². The van der Waals surface area contributed by atoms with Gasteiger partial charge in [-0.15, -0.1) is 5.10 Å². The molecule has 0 aliphatic carbocycles. The summed E-state index contributed by atoms with van der Waals surface area (Å²) in [7, 11) is -3.71. The molecule has 2 rings (SSSR count). The van der Waals surface area contributed by atoms with Crippen molar-refractivity contribution >= 4 is 15.7 Å². The van der Waals surface area contributed by atoms with E-state index in [9.17, 15) is 8.42 Å². The summed E-state index contributed by atoms with van der Waals surface area (Å²) >= 11 is 0. The zero-order chi connectivity index (χ0) is 15.3. The first-order chi connectivity index (χ1) is 9.99. The monoisotopic (exact) mass is 311 g/mol. The van der Waals surface area contributed by atoms with E-state index >= 15 is 0 Å². The lowest BCUT2D eigenvalue weighted by Crippen LogP contribution is -2.12. The summed E-state index contributed by atoms with van der Waals surface area (Å²) in [5.74, 6) is 0. The molecule has 1 aromatic carbocycles. The maximum Gasteiger partial charge on any atom is 0.238 e. The van der Waals surface area contributed by atoms with Gasteiger partial charge in [0.15, 0.2) is 0 Å². The quantitative estimate of drug-likeness (QED) is 0.657. The van der Waals surface area contributed by atoms with Crippen LogP contribution in [0.3, 0.4) is 0 Å². The molecule has 1 aromatic heterocycles. The Morgan fingerprint density at radius 3 is 2.90 bits per heavy atom. The summed E-state index contributed by atoms with van der Waals surface area (Å²) in [6.45, 7) is 1.12. The Morgan fingerprint density at radius 1 is 1.38 bits per heavy atom. The molecule has 21 heavy (non-hydrogen) atoms. The Labute approximate surface area is 122 Å². The molecule has 0 atom stereocenters. The van der Waals surface area contributed by atoms with Gasteiger partial charge in [-0.25, -0.2) is 13.6 Å². The van der Waals surface area contributed by atoms with Crippen LogP contribution in [0.2, 0.25) is 0 Å². The van der Waals surface area contributed by atoms with E-state index in [1.807, 2.05) is 0 Å². The average Bonchev–Trinajstić information content (AvgIpc) is 2.90. The summed E-state index contributed by atoms with van der Waals surface area (Å²) in [5, 5.41) is 24.8. The molecule has 0 spiro atoms. The van der Waals surface area contributed by atoms with E-state index in [0.29, 0.717) is 30.9 Å². The Balaban J connectivity index is 1.98. The molecule has 2 aromatic rings. The third kappa shape index (κ3) is 4.52. The van der Waals surface area contributed by atoms with Crippen molar-refractivity contribution in [3.63, 3.8) is 0 Å². The first-order valence-electron chi connectivity index (χ1n) is 6.35. The number of nitrogens with zero attached hydrogens (tertiary/aromatic N) is 3. The largest absolute Gasteiger partial charge is 0.396 e. The standard InChI is InChI=1S/C12H17N5O3S/c13-21(19,20)12-4-1-3-10(7-12)14-8-11-9-17(16-15-11)5-2-6-18/h1,3-4,7,9,14,18H,2,5-6,8H2,(H2,13,19,20). The highest BCUT2D eigenvalue weighted by molar-refractivity contribution is 7.89. The summed E-state index contributed by atoms with van der Waals surface area (Å²) in [6, 6.07) is 6.25. The van der Waals surface area contributed by atoms with Crippen molar-refractivity contribution in [3.05, 3.63) is 36.2 Å². The third-order valence-corrected chi connectivity index (χ3v) is 3.68. The third-order valence-electron chi connectivity index (χ3n) is 2.77. The molecule has 0 bridgehead atoms. The number of benzene rings is 1. The predicted octanol–water partition coefficient (Wildman–Crippen LogP) is -0.0800. The van der Waals surface area contributed by atoms with Gasteiger partial charge < -0.3 is 10.4 Å². The number of primary sulfonamides is 1. The molecule has 4 N–H and O–H groups in total. The minimum absolute atomic E-state index is 0.0547. The number of aliphatic hydroxyl groups excluding tert-OH is 1. The molecule has 0 fully saturated rings.